The van der Waals surface area contributed by atoms with E-state index in [4.69, 9.17) is 28.4 Å². The molecule has 2 aliphatic rings. The van der Waals surface area contributed by atoms with E-state index in [0.717, 1.165) is 94.2 Å². The minimum atomic E-state index is -0.431. The zero-order valence-corrected chi connectivity index (χ0v) is 45.7. The number of unbranched alkanes of at least 4 members (excludes halogenated alkanes) is 2. The quantitative estimate of drug-likeness (QED) is 0.0280. The molecular weight excluding hydrogens is 1030 g/mol. The Kier molecular flexibility index (Phi) is 18.5. The number of esters is 4. The summed E-state index contributed by atoms with van der Waals surface area (Å²) in [5, 5.41) is 1.23. The number of halogens is 2. The average molecular weight is 1100 g/mol. The first-order valence-corrected chi connectivity index (χ1v) is 28.5. The summed E-state index contributed by atoms with van der Waals surface area (Å²) >= 11 is 2.82. The minimum Gasteiger partial charge on any atom is -0.494 e. The molecule has 0 radical (unpaired) electrons. The zero-order chi connectivity index (χ0) is 54.7. The van der Waals surface area contributed by atoms with Gasteiger partial charge < -0.3 is 28.4 Å². The first kappa shape index (κ1) is 55.6. The van der Waals surface area contributed by atoms with Crippen LogP contribution in [0.2, 0.25) is 0 Å². The molecule has 5 aromatic carbocycles. The van der Waals surface area contributed by atoms with Crippen LogP contribution in [0.15, 0.2) is 122 Å². The molecule has 0 N–H and O–H groups in total. The number of carbonyl (C=O) groups is 4. The first-order chi connectivity index (χ1) is 37.8. The fraction of sp³-hybridized carbons (Fsp3) is 0.344. The number of hydrogen-bond acceptors (Lipinski definition) is 12. The first-order valence-electron chi connectivity index (χ1n) is 26.9. The van der Waals surface area contributed by atoms with Crippen LogP contribution in [0.1, 0.15) is 111 Å². The number of benzene rings is 5. The van der Waals surface area contributed by atoms with Gasteiger partial charge in [-0.15, -0.1) is 22.7 Å². The van der Waals surface area contributed by atoms with Crippen molar-refractivity contribution in [2.75, 3.05) is 26.4 Å². The smallest absolute Gasteiger partial charge is 0.330 e. The molecule has 10 nitrogen and oxygen atoms in total. The van der Waals surface area contributed by atoms with Crippen molar-refractivity contribution in [1.29, 1.82) is 0 Å². The molecule has 0 saturated heterocycles. The predicted octanol–water partition coefficient (Wildman–Crippen LogP) is 15.9. The normalized spacial score (nSPS) is 17.3. The lowest BCUT2D eigenvalue weighted by molar-refractivity contribution is -0.140. The summed E-state index contributed by atoms with van der Waals surface area (Å²) in [4.78, 5) is 53.3. The molecule has 14 heteroatoms. The summed E-state index contributed by atoms with van der Waals surface area (Å²) in [5.74, 6) is -0.127. The summed E-state index contributed by atoms with van der Waals surface area (Å²) in [6.07, 6.45) is 10.9. The number of fused-ring (bicyclic) bond motifs is 2. The Hall–Kier alpha value is -7.16. The van der Waals surface area contributed by atoms with E-state index in [2.05, 4.69) is 37.4 Å². The molecule has 0 amide bonds. The van der Waals surface area contributed by atoms with Gasteiger partial charge in [-0.05, 0) is 197 Å². The Morgan fingerprint density at radius 2 is 0.885 bits per heavy atom. The largest absolute Gasteiger partial charge is 0.494 e. The molecule has 2 heterocycles. The summed E-state index contributed by atoms with van der Waals surface area (Å²) < 4.78 is 65.5. The van der Waals surface area contributed by atoms with Crippen LogP contribution in [0, 0.1) is 37.3 Å². The third-order valence-corrected chi connectivity index (χ3v) is 17.3. The highest BCUT2D eigenvalue weighted by Gasteiger charge is 2.34. The highest BCUT2D eigenvalue weighted by atomic mass is 32.1. The van der Waals surface area contributed by atoms with Crippen LogP contribution >= 0.6 is 22.7 Å². The molecule has 0 atom stereocenters. The second-order valence-corrected chi connectivity index (χ2v) is 22.3. The molecule has 2 aliphatic carbocycles. The van der Waals surface area contributed by atoms with Crippen LogP contribution in [-0.2, 0) is 28.7 Å². The molecule has 7 aromatic rings. The third kappa shape index (κ3) is 13.6. The Balaban J connectivity index is 0.931. The van der Waals surface area contributed by atoms with Gasteiger partial charge in [0.25, 0.3) is 0 Å². The SMILES string of the molecule is C=CC(=O)OCCCCOc1ccc(C2CCC(C(=O)Oc3c4cc(-c5ccc(F)cc5C)sc4c(OC(=O)C4CCC(c5ccc(OCCCCOC(=O)C=C)cc5)CC4)c4cc(-c5ccc(F)cc5C)sc34)CC2)cc1. The molecule has 9 rings (SSSR count). The van der Waals surface area contributed by atoms with Gasteiger partial charge in [-0.25, -0.2) is 18.4 Å². The molecular formula is C64H64F2O10S2. The molecule has 0 aliphatic heterocycles. The van der Waals surface area contributed by atoms with Crippen molar-refractivity contribution >= 4 is 66.7 Å². The summed E-state index contributed by atoms with van der Waals surface area (Å²) in [6, 6.07) is 29.5. The van der Waals surface area contributed by atoms with Crippen LogP contribution in [0.4, 0.5) is 8.78 Å². The molecule has 2 aromatic heterocycles. The van der Waals surface area contributed by atoms with Gasteiger partial charge in [-0.3, -0.25) is 9.59 Å². The van der Waals surface area contributed by atoms with Crippen molar-refractivity contribution in [3.63, 3.8) is 0 Å². The van der Waals surface area contributed by atoms with Gasteiger partial charge in [-0.2, -0.15) is 0 Å². The van der Waals surface area contributed by atoms with Gasteiger partial charge in [0.05, 0.1) is 47.7 Å². The second kappa shape index (κ2) is 26.0. The van der Waals surface area contributed by atoms with E-state index in [9.17, 15) is 28.0 Å². The molecule has 2 fully saturated rings. The van der Waals surface area contributed by atoms with E-state index in [0.29, 0.717) is 96.6 Å². The second-order valence-electron chi connectivity index (χ2n) is 20.2. The number of carbonyl (C=O) groups excluding carboxylic acids is 4. The summed E-state index contributed by atoms with van der Waals surface area (Å²) in [5.41, 5.74) is 5.44. The molecule has 0 spiro atoms. The highest BCUT2D eigenvalue weighted by Crippen LogP contribution is 2.54. The maximum Gasteiger partial charge on any atom is 0.330 e. The monoisotopic (exact) mass is 1090 g/mol. The molecule has 78 heavy (non-hydrogen) atoms. The zero-order valence-electron chi connectivity index (χ0n) is 44.1. The van der Waals surface area contributed by atoms with Crippen LogP contribution < -0.4 is 18.9 Å². The molecule has 406 valence electrons. The van der Waals surface area contributed by atoms with E-state index < -0.39 is 11.9 Å². The summed E-state index contributed by atoms with van der Waals surface area (Å²) in [7, 11) is 0. The van der Waals surface area contributed by atoms with Crippen LogP contribution in [-0.4, -0.2) is 50.3 Å². The highest BCUT2D eigenvalue weighted by molar-refractivity contribution is 7.24. The van der Waals surface area contributed by atoms with E-state index >= 15 is 0 Å². The maximum atomic E-state index is 14.6. The van der Waals surface area contributed by atoms with E-state index in [1.165, 1.54) is 58.1 Å². The Labute approximate surface area is 462 Å². The lowest BCUT2D eigenvalue weighted by Gasteiger charge is -2.28. The lowest BCUT2D eigenvalue weighted by Crippen LogP contribution is -2.25. The number of aryl methyl sites for hydroxylation is 2. The van der Waals surface area contributed by atoms with Crippen molar-refractivity contribution in [3.8, 4) is 43.9 Å². The topological polar surface area (TPSA) is 124 Å². The van der Waals surface area contributed by atoms with Gasteiger partial charge in [0.2, 0.25) is 0 Å². The van der Waals surface area contributed by atoms with E-state index in [-0.39, 0.29) is 47.2 Å². The number of rotatable bonds is 22. The van der Waals surface area contributed by atoms with Crippen molar-refractivity contribution in [2.45, 2.75) is 103 Å². The van der Waals surface area contributed by atoms with Crippen molar-refractivity contribution in [2.24, 2.45) is 11.8 Å². The Bertz CT molecular complexity index is 3020. The molecule has 0 bridgehead atoms. The van der Waals surface area contributed by atoms with Crippen LogP contribution in [0.3, 0.4) is 0 Å². The third-order valence-electron chi connectivity index (χ3n) is 14.9. The van der Waals surface area contributed by atoms with Crippen molar-refractivity contribution in [3.05, 3.63) is 156 Å². The summed E-state index contributed by atoms with van der Waals surface area (Å²) in [6.45, 7) is 12.2. The average Bonchev–Trinajstić information content (AvgIpc) is 4.27. The minimum absolute atomic E-state index is 0.264. The fourth-order valence-corrected chi connectivity index (χ4v) is 13.1. The maximum absolute atomic E-state index is 14.6. The van der Waals surface area contributed by atoms with Gasteiger partial charge in [-0.1, -0.05) is 49.6 Å². The van der Waals surface area contributed by atoms with Gasteiger partial charge >= 0.3 is 23.9 Å². The predicted molar refractivity (Wildman–Crippen MR) is 303 cm³/mol. The van der Waals surface area contributed by atoms with E-state index in [1.54, 1.807) is 12.1 Å². The Morgan fingerprint density at radius 1 is 0.513 bits per heavy atom. The lowest BCUT2D eigenvalue weighted by atomic mass is 9.79. The number of thiophene rings is 2. The standard InChI is InChI=1S/C64H64F2O10S2/c1-5-57(67)73-33-9-7-31-71-49-25-19-43(20-26-49)41-11-15-45(16-12-41)63(69)75-59-53-37-55(51-29-23-47(65)35-39(51)3)78-62(53)60(54-38-56(77-61(54)59)52-30-24-48(66)36-40(52)4)76-64(70)46-17-13-42(14-18-46)44-21-27-50(28-22-44)72-32-8-10-34-74-58(68)6-2/h5-6,19-30,35-38,41-42,45-46H,1-2,7-18,31-34H2,3-4H3. The van der Waals surface area contributed by atoms with Crippen LogP contribution in [0.5, 0.6) is 23.0 Å². The van der Waals surface area contributed by atoms with E-state index in [1.807, 2.05) is 50.2 Å². The van der Waals surface area contributed by atoms with Crippen molar-refractivity contribution < 1.29 is 56.4 Å². The van der Waals surface area contributed by atoms with Gasteiger partial charge in [0.1, 0.15) is 23.1 Å². The number of ether oxygens (including phenoxy) is 6. The van der Waals surface area contributed by atoms with Gasteiger partial charge in [0.15, 0.2) is 11.5 Å². The molecule has 0 unspecified atom stereocenters. The fourth-order valence-electron chi connectivity index (χ4n) is 10.6. The number of hydrogen-bond donors (Lipinski definition) is 0. The van der Waals surface area contributed by atoms with Gasteiger partial charge in [0, 0.05) is 32.7 Å². The van der Waals surface area contributed by atoms with Crippen LogP contribution in [0.25, 0.3) is 41.1 Å². The Morgan fingerprint density at radius 3 is 1.24 bits per heavy atom. The molecule has 2 saturated carbocycles. The van der Waals surface area contributed by atoms with Crippen molar-refractivity contribution in [1.82, 2.24) is 0 Å².